The number of fused-ring (bicyclic) bond motifs is 1. The lowest BCUT2D eigenvalue weighted by molar-refractivity contribution is 0.144. The number of amides is 2. The zero-order chi connectivity index (χ0) is 15.0. The number of carbonyl (C=O) groups is 1. The van der Waals surface area contributed by atoms with Crippen molar-refractivity contribution in [3.8, 4) is 0 Å². The number of anilines is 1. The smallest absolute Gasteiger partial charge is 0.320 e. The molecule has 2 amide bonds. The summed E-state index contributed by atoms with van der Waals surface area (Å²) >= 11 is 0. The van der Waals surface area contributed by atoms with Crippen LogP contribution in [0.1, 0.15) is 22.9 Å². The first-order valence-corrected chi connectivity index (χ1v) is 6.88. The minimum atomic E-state index is -0.596. The third-order valence-electron chi connectivity index (χ3n) is 3.73. The SMILES string of the molecule is Cc1cc(NC(=O)N[C@@H]2c3ccccc3C[C@@H]2O)n(C)n1. The summed E-state index contributed by atoms with van der Waals surface area (Å²) in [4.78, 5) is 12.1. The van der Waals surface area contributed by atoms with Crippen LogP contribution in [0, 0.1) is 6.92 Å². The Balaban J connectivity index is 1.72. The van der Waals surface area contributed by atoms with E-state index < -0.39 is 6.10 Å². The molecule has 1 aliphatic rings. The molecule has 1 heterocycles. The molecule has 0 bridgehead atoms. The molecule has 1 aromatic heterocycles. The Morgan fingerprint density at radius 2 is 2.19 bits per heavy atom. The molecule has 3 N–H and O–H groups in total. The molecule has 0 saturated heterocycles. The molecule has 0 fully saturated rings. The van der Waals surface area contributed by atoms with E-state index in [-0.39, 0.29) is 12.1 Å². The number of carbonyl (C=O) groups excluding carboxylic acids is 1. The van der Waals surface area contributed by atoms with Gasteiger partial charge in [-0.25, -0.2) is 4.79 Å². The first-order chi connectivity index (χ1) is 10.0. The van der Waals surface area contributed by atoms with E-state index in [1.165, 1.54) is 0 Å². The Morgan fingerprint density at radius 1 is 1.43 bits per heavy atom. The number of nitrogens with zero attached hydrogens (tertiary/aromatic N) is 2. The van der Waals surface area contributed by atoms with E-state index in [0.717, 1.165) is 16.8 Å². The maximum atomic E-state index is 12.1. The molecule has 3 rings (SSSR count). The summed E-state index contributed by atoms with van der Waals surface area (Å²) in [6.07, 6.45) is -0.0345. The van der Waals surface area contributed by atoms with Gasteiger partial charge in [0.25, 0.3) is 0 Å². The van der Waals surface area contributed by atoms with Gasteiger partial charge in [-0.1, -0.05) is 24.3 Å². The maximum absolute atomic E-state index is 12.1. The summed E-state index contributed by atoms with van der Waals surface area (Å²) in [5.41, 5.74) is 2.88. The number of aryl methyl sites for hydroxylation is 2. The molecule has 2 aromatic rings. The Labute approximate surface area is 122 Å². The molecule has 0 spiro atoms. The lowest BCUT2D eigenvalue weighted by Crippen LogP contribution is -2.37. The lowest BCUT2D eigenvalue weighted by atomic mass is 10.1. The van der Waals surface area contributed by atoms with Crippen molar-refractivity contribution in [2.24, 2.45) is 7.05 Å². The van der Waals surface area contributed by atoms with Crippen molar-refractivity contribution in [2.45, 2.75) is 25.5 Å². The van der Waals surface area contributed by atoms with Crippen LogP contribution < -0.4 is 10.6 Å². The summed E-state index contributed by atoms with van der Waals surface area (Å²) < 4.78 is 1.61. The number of hydrogen-bond acceptors (Lipinski definition) is 3. The molecule has 1 aliphatic carbocycles. The molecule has 0 aliphatic heterocycles. The standard InChI is InChI=1S/C15H18N4O2/c1-9-7-13(19(2)18-9)16-15(21)17-14-11-6-4-3-5-10(11)8-12(14)20/h3-7,12,14,20H,8H2,1-2H3,(H2,16,17,21)/t12-,14+/m0/s1. The Bertz CT molecular complexity index is 680. The highest BCUT2D eigenvalue weighted by Gasteiger charge is 2.31. The van der Waals surface area contributed by atoms with Gasteiger partial charge in [0.15, 0.2) is 0 Å². The van der Waals surface area contributed by atoms with Crippen molar-refractivity contribution in [1.29, 1.82) is 0 Å². The van der Waals surface area contributed by atoms with Crippen LogP contribution in [0.2, 0.25) is 0 Å². The second-order valence-corrected chi connectivity index (χ2v) is 5.34. The van der Waals surface area contributed by atoms with Gasteiger partial charge in [-0.2, -0.15) is 5.10 Å². The number of rotatable bonds is 2. The minimum Gasteiger partial charge on any atom is -0.390 e. The van der Waals surface area contributed by atoms with Crippen LogP contribution in [0.25, 0.3) is 0 Å². The molecular weight excluding hydrogens is 268 g/mol. The van der Waals surface area contributed by atoms with Crippen LogP contribution in [-0.4, -0.2) is 27.0 Å². The summed E-state index contributed by atoms with van der Waals surface area (Å²) in [5.74, 6) is 0.616. The number of hydrogen-bond donors (Lipinski definition) is 3. The van der Waals surface area contributed by atoms with Crippen molar-refractivity contribution >= 4 is 11.8 Å². The molecule has 0 unspecified atom stereocenters. The summed E-state index contributed by atoms with van der Waals surface area (Å²) in [6, 6.07) is 8.82. The van der Waals surface area contributed by atoms with Crippen LogP contribution in [-0.2, 0) is 13.5 Å². The van der Waals surface area contributed by atoms with Gasteiger partial charge < -0.3 is 10.4 Å². The van der Waals surface area contributed by atoms with E-state index >= 15 is 0 Å². The Hall–Kier alpha value is -2.34. The number of aliphatic hydroxyl groups excluding tert-OH is 1. The van der Waals surface area contributed by atoms with Crippen molar-refractivity contribution in [2.75, 3.05) is 5.32 Å². The van der Waals surface area contributed by atoms with E-state index in [1.807, 2.05) is 31.2 Å². The fourth-order valence-corrected chi connectivity index (χ4v) is 2.77. The quantitative estimate of drug-likeness (QED) is 0.783. The number of benzene rings is 1. The first kappa shape index (κ1) is 13.6. The highest BCUT2D eigenvalue weighted by molar-refractivity contribution is 5.88. The highest BCUT2D eigenvalue weighted by Crippen LogP contribution is 2.31. The van der Waals surface area contributed by atoms with Gasteiger partial charge in [-0.3, -0.25) is 10.00 Å². The van der Waals surface area contributed by atoms with Crippen LogP contribution in [0.4, 0.5) is 10.6 Å². The fraction of sp³-hybridized carbons (Fsp3) is 0.333. The maximum Gasteiger partial charge on any atom is 0.320 e. The molecule has 0 radical (unpaired) electrons. The monoisotopic (exact) mass is 286 g/mol. The fourth-order valence-electron chi connectivity index (χ4n) is 2.77. The van der Waals surface area contributed by atoms with Crippen LogP contribution in [0.3, 0.4) is 0 Å². The van der Waals surface area contributed by atoms with Gasteiger partial charge in [0.1, 0.15) is 5.82 Å². The molecule has 0 saturated carbocycles. The zero-order valence-corrected chi connectivity index (χ0v) is 12.0. The lowest BCUT2D eigenvalue weighted by Gasteiger charge is -2.18. The molecule has 21 heavy (non-hydrogen) atoms. The van der Waals surface area contributed by atoms with Gasteiger partial charge in [0, 0.05) is 19.5 Å². The van der Waals surface area contributed by atoms with E-state index in [9.17, 15) is 9.90 Å². The average Bonchev–Trinajstić information content (AvgIpc) is 2.90. The van der Waals surface area contributed by atoms with Gasteiger partial charge in [-0.15, -0.1) is 0 Å². The van der Waals surface area contributed by atoms with Gasteiger partial charge in [0.2, 0.25) is 0 Å². The first-order valence-electron chi connectivity index (χ1n) is 6.88. The topological polar surface area (TPSA) is 79.2 Å². The van der Waals surface area contributed by atoms with Crippen molar-refractivity contribution in [3.05, 3.63) is 47.2 Å². The average molecular weight is 286 g/mol. The van der Waals surface area contributed by atoms with E-state index in [2.05, 4.69) is 15.7 Å². The summed E-state index contributed by atoms with van der Waals surface area (Å²) in [7, 11) is 1.77. The van der Waals surface area contributed by atoms with Crippen molar-refractivity contribution in [1.82, 2.24) is 15.1 Å². The second kappa shape index (κ2) is 5.21. The predicted molar refractivity (Wildman–Crippen MR) is 79.0 cm³/mol. The van der Waals surface area contributed by atoms with Gasteiger partial charge in [0.05, 0.1) is 17.8 Å². The van der Waals surface area contributed by atoms with Gasteiger partial charge >= 0.3 is 6.03 Å². The Kier molecular flexibility index (Phi) is 3.39. The zero-order valence-electron chi connectivity index (χ0n) is 12.0. The summed E-state index contributed by atoms with van der Waals surface area (Å²) in [5, 5.41) is 19.9. The third-order valence-corrected chi connectivity index (χ3v) is 3.73. The molecule has 6 heteroatoms. The number of urea groups is 1. The van der Waals surface area contributed by atoms with Crippen molar-refractivity contribution in [3.63, 3.8) is 0 Å². The normalized spacial score (nSPS) is 20.1. The van der Waals surface area contributed by atoms with Crippen LogP contribution in [0.5, 0.6) is 0 Å². The number of aliphatic hydroxyl groups is 1. The Morgan fingerprint density at radius 3 is 2.90 bits per heavy atom. The molecule has 2 atom stereocenters. The molecular formula is C15H18N4O2. The van der Waals surface area contributed by atoms with Crippen molar-refractivity contribution < 1.29 is 9.90 Å². The van der Waals surface area contributed by atoms with Gasteiger partial charge in [-0.05, 0) is 18.1 Å². The van der Waals surface area contributed by atoms with Crippen LogP contribution >= 0.6 is 0 Å². The predicted octanol–water partition coefficient (Wildman–Crippen LogP) is 1.51. The molecule has 110 valence electrons. The van der Waals surface area contributed by atoms with E-state index in [1.54, 1.807) is 17.8 Å². The largest absolute Gasteiger partial charge is 0.390 e. The van der Waals surface area contributed by atoms with E-state index in [4.69, 9.17) is 0 Å². The minimum absolute atomic E-state index is 0.348. The van der Waals surface area contributed by atoms with E-state index in [0.29, 0.717) is 12.2 Å². The highest BCUT2D eigenvalue weighted by atomic mass is 16.3. The second-order valence-electron chi connectivity index (χ2n) is 5.34. The summed E-state index contributed by atoms with van der Waals surface area (Å²) in [6.45, 7) is 1.86. The third kappa shape index (κ3) is 2.62. The molecule has 1 aromatic carbocycles. The van der Waals surface area contributed by atoms with Crippen LogP contribution in [0.15, 0.2) is 30.3 Å². The molecule has 6 nitrogen and oxygen atoms in total. The number of aromatic nitrogens is 2. The number of nitrogens with one attached hydrogen (secondary N) is 2.